The third-order valence-corrected chi connectivity index (χ3v) is 4.54. The number of hydrogen-bond donors (Lipinski definition) is 0. The summed E-state index contributed by atoms with van der Waals surface area (Å²) in [4.78, 5) is 1.57. The van der Waals surface area contributed by atoms with Gasteiger partial charge in [-0.25, -0.2) is 0 Å². The molecule has 0 N–H and O–H groups in total. The zero-order chi connectivity index (χ0) is 12.5. The van der Waals surface area contributed by atoms with Crippen LogP contribution in [-0.2, 0) is 0 Å². The molecule has 100 valence electrons. The molecule has 0 heterocycles. The summed E-state index contributed by atoms with van der Waals surface area (Å²) in [5, 5.41) is 0.615. The molecule has 2 rings (SSSR count). The molecule has 2 saturated carbocycles. The maximum absolute atomic E-state index is 12.4. The van der Waals surface area contributed by atoms with Gasteiger partial charge in [0.1, 0.15) is 0 Å². The summed E-state index contributed by atoms with van der Waals surface area (Å²) in [6, 6.07) is 0. The minimum atomic E-state index is -4.07. The SMILES string of the molecule is FC(F)(F)CN(CCBr)CC1CC2CCC1C2. The molecule has 17 heavy (non-hydrogen) atoms. The number of hydrogen-bond acceptors (Lipinski definition) is 1. The molecule has 0 aromatic heterocycles. The van der Waals surface area contributed by atoms with Crippen LogP contribution in [0.25, 0.3) is 0 Å². The van der Waals surface area contributed by atoms with E-state index in [1.54, 1.807) is 4.90 Å². The largest absolute Gasteiger partial charge is 0.401 e. The van der Waals surface area contributed by atoms with Gasteiger partial charge in [0.15, 0.2) is 0 Å². The van der Waals surface area contributed by atoms with Crippen LogP contribution < -0.4 is 0 Å². The van der Waals surface area contributed by atoms with Crippen LogP contribution in [-0.4, -0.2) is 36.0 Å². The lowest BCUT2D eigenvalue weighted by atomic mass is 9.88. The van der Waals surface area contributed by atoms with Crippen LogP contribution in [0.3, 0.4) is 0 Å². The normalized spacial score (nSPS) is 32.6. The van der Waals surface area contributed by atoms with Crippen molar-refractivity contribution >= 4 is 15.9 Å². The Bertz CT molecular complexity index is 257. The van der Waals surface area contributed by atoms with Crippen LogP contribution in [0.15, 0.2) is 0 Å². The number of halogens is 4. The maximum Gasteiger partial charge on any atom is 0.401 e. The number of alkyl halides is 4. The molecule has 0 spiro atoms. The van der Waals surface area contributed by atoms with Crippen LogP contribution in [0.2, 0.25) is 0 Å². The van der Waals surface area contributed by atoms with Crippen LogP contribution in [0.5, 0.6) is 0 Å². The van der Waals surface area contributed by atoms with Gasteiger partial charge in [-0.1, -0.05) is 22.4 Å². The highest BCUT2D eigenvalue weighted by Gasteiger charge is 2.41. The summed E-state index contributed by atoms with van der Waals surface area (Å²) in [5.41, 5.74) is 0. The molecule has 0 radical (unpaired) electrons. The van der Waals surface area contributed by atoms with E-state index in [4.69, 9.17) is 0 Å². The molecule has 0 aromatic carbocycles. The highest BCUT2D eigenvalue weighted by molar-refractivity contribution is 9.09. The van der Waals surface area contributed by atoms with Gasteiger partial charge in [-0.2, -0.15) is 13.2 Å². The Morgan fingerprint density at radius 2 is 1.94 bits per heavy atom. The minimum Gasteiger partial charge on any atom is -0.294 e. The second-order valence-corrected chi connectivity index (χ2v) is 6.27. The predicted octanol–water partition coefficient (Wildman–Crippen LogP) is 3.68. The second-order valence-electron chi connectivity index (χ2n) is 5.47. The molecule has 2 bridgehead atoms. The summed E-state index contributed by atoms with van der Waals surface area (Å²) in [7, 11) is 0. The van der Waals surface area contributed by atoms with Crippen molar-refractivity contribution in [3.63, 3.8) is 0 Å². The molecule has 2 aliphatic carbocycles. The molecular weight excluding hydrogens is 295 g/mol. The topological polar surface area (TPSA) is 3.24 Å². The van der Waals surface area contributed by atoms with Crippen molar-refractivity contribution in [1.82, 2.24) is 4.90 Å². The molecule has 5 heteroatoms. The van der Waals surface area contributed by atoms with Gasteiger partial charge < -0.3 is 0 Å². The van der Waals surface area contributed by atoms with Gasteiger partial charge in [0.05, 0.1) is 6.54 Å². The van der Waals surface area contributed by atoms with E-state index in [2.05, 4.69) is 15.9 Å². The molecular formula is C12H19BrF3N. The van der Waals surface area contributed by atoms with Crippen molar-refractivity contribution in [2.24, 2.45) is 17.8 Å². The molecule has 2 fully saturated rings. The third-order valence-electron chi connectivity index (χ3n) is 4.18. The van der Waals surface area contributed by atoms with E-state index in [0.717, 1.165) is 12.3 Å². The van der Waals surface area contributed by atoms with Crippen molar-refractivity contribution in [2.75, 3.05) is 25.0 Å². The molecule has 0 saturated heterocycles. The predicted molar refractivity (Wildman–Crippen MR) is 65.2 cm³/mol. The van der Waals surface area contributed by atoms with E-state index in [-0.39, 0.29) is 0 Å². The van der Waals surface area contributed by atoms with E-state index < -0.39 is 12.7 Å². The molecule has 0 aromatic rings. The minimum absolute atomic E-state index is 0.493. The highest BCUT2D eigenvalue weighted by Crippen LogP contribution is 2.48. The summed E-state index contributed by atoms with van der Waals surface area (Å²) in [5.74, 6) is 2.02. The quantitative estimate of drug-likeness (QED) is 0.700. The highest BCUT2D eigenvalue weighted by atomic mass is 79.9. The van der Waals surface area contributed by atoms with Gasteiger partial charge in [-0.05, 0) is 37.0 Å². The number of nitrogens with zero attached hydrogens (tertiary/aromatic N) is 1. The Morgan fingerprint density at radius 3 is 2.41 bits per heavy atom. The second kappa shape index (κ2) is 5.47. The smallest absolute Gasteiger partial charge is 0.294 e. The van der Waals surface area contributed by atoms with E-state index in [1.807, 2.05) is 0 Å². The molecule has 3 unspecified atom stereocenters. The molecule has 1 nitrogen and oxygen atoms in total. The standard InChI is InChI=1S/C12H19BrF3N/c13-3-4-17(8-12(14,15)16)7-11-6-9-1-2-10(11)5-9/h9-11H,1-8H2. The third kappa shape index (κ3) is 3.85. The van der Waals surface area contributed by atoms with Crippen molar-refractivity contribution < 1.29 is 13.2 Å². The fourth-order valence-electron chi connectivity index (χ4n) is 3.54. The Kier molecular flexibility index (Phi) is 4.40. The monoisotopic (exact) mass is 313 g/mol. The van der Waals surface area contributed by atoms with Crippen LogP contribution in [0.4, 0.5) is 13.2 Å². The van der Waals surface area contributed by atoms with Gasteiger partial charge in [-0.15, -0.1) is 0 Å². The molecule has 0 amide bonds. The zero-order valence-corrected chi connectivity index (χ0v) is 11.4. The average molecular weight is 314 g/mol. The number of fused-ring (bicyclic) bond motifs is 2. The van der Waals surface area contributed by atoms with Gasteiger partial charge in [0.2, 0.25) is 0 Å². The van der Waals surface area contributed by atoms with Gasteiger partial charge in [-0.3, -0.25) is 4.90 Å². The average Bonchev–Trinajstić information content (AvgIpc) is 2.76. The molecule has 3 atom stereocenters. The van der Waals surface area contributed by atoms with E-state index in [1.165, 1.54) is 19.3 Å². The fourth-order valence-corrected chi connectivity index (χ4v) is 4.04. The van der Waals surface area contributed by atoms with E-state index in [9.17, 15) is 13.2 Å². The Balaban J connectivity index is 1.85. The zero-order valence-electron chi connectivity index (χ0n) is 9.85. The lowest BCUT2D eigenvalue weighted by Gasteiger charge is -2.30. The van der Waals surface area contributed by atoms with E-state index >= 15 is 0 Å². The lowest BCUT2D eigenvalue weighted by Crippen LogP contribution is -2.39. The first kappa shape index (κ1) is 13.7. The first-order valence-electron chi connectivity index (χ1n) is 6.33. The van der Waals surface area contributed by atoms with Crippen LogP contribution >= 0.6 is 15.9 Å². The fraction of sp³-hybridized carbons (Fsp3) is 1.00. The lowest BCUT2D eigenvalue weighted by molar-refractivity contribution is -0.147. The molecule has 2 aliphatic rings. The van der Waals surface area contributed by atoms with Gasteiger partial charge in [0.25, 0.3) is 0 Å². The molecule has 0 aliphatic heterocycles. The maximum atomic E-state index is 12.4. The first-order chi connectivity index (χ1) is 7.98. The van der Waals surface area contributed by atoms with Crippen LogP contribution in [0, 0.1) is 17.8 Å². The summed E-state index contributed by atoms with van der Waals surface area (Å²) in [6.45, 7) is 0.367. The van der Waals surface area contributed by atoms with Gasteiger partial charge >= 0.3 is 6.18 Å². The summed E-state index contributed by atoms with van der Waals surface area (Å²) >= 11 is 3.24. The van der Waals surface area contributed by atoms with Gasteiger partial charge in [0, 0.05) is 18.4 Å². The first-order valence-corrected chi connectivity index (χ1v) is 7.45. The van der Waals surface area contributed by atoms with Crippen molar-refractivity contribution in [1.29, 1.82) is 0 Å². The summed E-state index contributed by atoms with van der Waals surface area (Å²) < 4.78 is 37.3. The van der Waals surface area contributed by atoms with Crippen molar-refractivity contribution in [3.05, 3.63) is 0 Å². The summed E-state index contributed by atoms with van der Waals surface area (Å²) in [6.07, 6.45) is 0.891. The van der Waals surface area contributed by atoms with Crippen molar-refractivity contribution in [2.45, 2.75) is 31.9 Å². The Morgan fingerprint density at radius 1 is 1.18 bits per heavy atom. The Labute approximate surface area is 109 Å². The van der Waals surface area contributed by atoms with Crippen LogP contribution in [0.1, 0.15) is 25.7 Å². The van der Waals surface area contributed by atoms with E-state index in [0.29, 0.717) is 30.3 Å². The van der Waals surface area contributed by atoms with Crippen molar-refractivity contribution in [3.8, 4) is 0 Å². The Hall–Kier alpha value is 0.230. The number of rotatable bonds is 5.